The van der Waals surface area contributed by atoms with Gasteiger partial charge in [-0.2, -0.15) is 0 Å². The minimum Gasteiger partial charge on any atom is -0.469 e. The molecule has 0 aromatic rings. The van der Waals surface area contributed by atoms with Crippen LogP contribution in [0.1, 0.15) is 20.3 Å². The molecule has 1 aliphatic heterocycles. The first kappa shape index (κ1) is 13.4. The van der Waals surface area contributed by atoms with Gasteiger partial charge in [-0.25, -0.2) is 0 Å². The van der Waals surface area contributed by atoms with E-state index in [1.807, 2.05) is 13.8 Å². The first-order valence-electron chi connectivity index (χ1n) is 5.44. The average molecular weight is 232 g/mol. The molecule has 0 aromatic heterocycles. The lowest BCUT2D eigenvalue weighted by Crippen LogP contribution is -2.50. The highest BCUT2D eigenvalue weighted by Gasteiger charge is 2.41. The summed E-state index contributed by atoms with van der Waals surface area (Å²) in [4.78, 5) is 11.2. The number of hydrogen-bond donors (Lipinski definition) is 1. The number of methoxy groups -OCH3 is 2. The smallest absolute Gasteiger partial charge is 0.308 e. The number of ether oxygens (including phenoxy) is 3. The number of esters is 1. The van der Waals surface area contributed by atoms with E-state index >= 15 is 0 Å². The second-order valence-electron chi connectivity index (χ2n) is 4.27. The Bertz CT molecular complexity index is 241. The number of carbonyl (C=O) groups is 1. The van der Waals surface area contributed by atoms with Crippen molar-refractivity contribution in [2.45, 2.75) is 38.8 Å². The van der Waals surface area contributed by atoms with Gasteiger partial charge in [0.15, 0.2) is 6.29 Å². The van der Waals surface area contributed by atoms with E-state index in [1.54, 1.807) is 0 Å². The van der Waals surface area contributed by atoms with Crippen molar-refractivity contribution >= 4 is 5.97 Å². The Morgan fingerprint density at radius 1 is 1.31 bits per heavy atom. The Morgan fingerprint density at radius 2 is 1.94 bits per heavy atom. The largest absolute Gasteiger partial charge is 0.469 e. The Morgan fingerprint density at radius 3 is 2.44 bits per heavy atom. The third-order valence-electron chi connectivity index (χ3n) is 3.23. The second kappa shape index (κ2) is 5.61. The average Bonchev–Trinajstić information content (AvgIpc) is 2.29. The first-order valence-corrected chi connectivity index (χ1v) is 5.44. The van der Waals surface area contributed by atoms with Gasteiger partial charge in [-0.05, 0) is 0 Å². The van der Waals surface area contributed by atoms with Gasteiger partial charge in [0.1, 0.15) is 0 Å². The van der Waals surface area contributed by atoms with Gasteiger partial charge in [0, 0.05) is 18.9 Å². The van der Waals surface area contributed by atoms with Crippen LogP contribution in [0.4, 0.5) is 0 Å². The van der Waals surface area contributed by atoms with Crippen LogP contribution in [-0.4, -0.2) is 43.8 Å². The Labute approximate surface area is 95.7 Å². The molecule has 5 heteroatoms. The van der Waals surface area contributed by atoms with Gasteiger partial charge in [-0.15, -0.1) is 0 Å². The van der Waals surface area contributed by atoms with Crippen molar-refractivity contribution < 1.29 is 24.1 Å². The monoisotopic (exact) mass is 232 g/mol. The summed E-state index contributed by atoms with van der Waals surface area (Å²) in [6.45, 7) is 3.73. The molecule has 0 aromatic carbocycles. The maximum absolute atomic E-state index is 11.2. The first-order chi connectivity index (χ1) is 7.51. The van der Waals surface area contributed by atoms with Crippen LogP contribution in [0.2, 0.25) is 0 Å². The van der Waals surface area contributed by atoms with Crippen molar-refractivity contribution in [1.29, 1.82) is 0 Å². The van der Waals surface area contributed by atoms with E-state index < -0.39 is 12.4 Å². The quantitative estimate of drug-likeness (QED) is 0.720. The van der Waals surface area contributed by atoms with Crippen LogP contribution in [0.15, 0.2) is 0 Å². The molecule has 0 amide bonds. The van der Waals surface area contributed by atoms with Gasteiger partial charge in [-0.3, -0.25) is 4.79 Å². The molecule has 0 aliphatic carbocycles. The van der Waals surface area contributed by atoms with Crippen molar-refractivity contribution in [3.8, 4) is 0 Å². The maximum atomic E-state index is 11.2. The fourth-order valence-corrected chi connectivity index (χ4v) is 2.03. The van der Waals surface area contributed by atoms with E-state index in [9.17, 15) is 9.90 Å². The van der Waals surface area contributed by atoms with E-state index in [0.29, 0.717) is 0 Å². The van der Waals surface area contributed by atoms with E-state index in [1.165, 1.54) is 14.2 Å². The minimum absolute atomic E-state index is 0.103. The molecule has 1 aliphatic rings. The SMILES string of the molecule is COC(=O)C[C@H]1OC(OC)[C@@H](C)[C@H](O)[C@@H]1C. The summed E-state index contributed by atoms with van der Waals surface area (Å²) in [6, 6.07) is 0. The standard InChI is InChI=1S/C11H20O5/c1-6-8(5-9(12)14-3)16-11(15-4)7(2)10(6)13/h6-8,10-11,13H,5H2,1-4H3/t6-,7+,8-,10-,11?/m1/s1. The minimum atomic E-state index is -0.534. The fourth-order valence-electron chi connectivity index (χ4n) is 2.03. The van der Waals surface area contributed by atoms with Crippen molar-refractivity contribution in [3.05, 3.63) is 0 Å². The molecule has 1 N–H and O–H groups in total. The predicted octanol–water partition coefficient (Wildman–Crippen LogP) is 0.554. The topological polar surface area (TPSA) is 65.0 Å². The van der Waals surface area contributed by atoms with E-state index in [2.05, 4.69) is 4.74 Å². The zero-order chi connectivity index (χ0) is 12.3. The van der Waals surface area contributed by atoms with Crippen LogP contribution < -0.4 is 0 Å². The molecule has 0 radical (unpaired) electrons. The van der Waals surface area contributed by atoms with Gasteiger partial charge in [0.2, 0.25) is 0 Å². The van der Waals surface area contributed by atoms with Crippen LogP contribution >= 0.6 is 0 Å². The molecular weight excluding hydrogens is 212 g/mol. The number of hydrogen-bond acceptors (Lipinski definition) is 5. The molecule has 1 heterocycles. The van der Waals surface area contributed by atoms with Crippen molar-refractivity contribution in [3.63, 3.8) is 0 Å². The molecule has 16 heavy (non-hydrogen) atoms. The fraction of sp³-hybridized carbons (Fsp3) is 0.909. The van der Waals surface area contributed by atoms with Gasteiger partial charge < -0.3 is 19.3 Å². The molecule has 0 bridgehead atoms. The lowest BCUT2D eigenvalue weighted by Gasteiger charge is -2.41. The highest BCUT2D eigenvalue weighted by atomic mass is 16.7. The van der Waals surface area contributed by atoms with E-state index in [-0.39, 0.29) is 30.3 Å². The Balaban J connectivity index is 2.67. The Kier molecular flexibility index (Phi) is 4.70. The third-order valence-corrected chi connectivity index (χ3v) is 3.23. The summed E-state index contributed by atoms with van der Waals surface area (Å²) in [7, 11) is 2.86. The zero-order valence-corrected chi connectivity index (χ0v) is 10.2. The van der Waals surface area contributed by atoms with Crippen LogP contribution in [0, 0.1) is 11.8 Å². The Hall–Kier alpha value is -0.650. The molecule has 0 spiro atoms. The van der Waals surface area contributed by atoms with Crippen LogP contribution in [0.25, 0.3) is 0 Å². The molecule has 5 atom stereocenters. The second-order valence-corrected chi connectivity index (χ2v) is 4.27. The van der Waals surface area contributed by atoms with Crippen molar-refractivity contribution in [1.82, 2.24) is 0 Å². The number of aliphatic hydroxyl groups excluding tert-OH is 1. The molecule has 5 nitrogen and oxygen atoms in total. The lowest BCUT2D eigenvalue weighted by molar-refractivity contribution is -0.253. The van der Waals surface area contributed by atoms with Gasteiger partial charge in [0.25, 0.3) is 0 Å². The summed E-state index contributed by atoms with van der Waals surface area (Å²) in [6.07, 6.45) is -1.22. The van der Waals surface area contributed by atoms with Gasteiger partial charge in [-0.1, -0.05) is 13.8 Å². The van der Waals surface area contributed by atoms with Crippen LogP contribution in [0.3, 0.4) is 0 Å². The summed E-state index contributed by atoms with van der Waals surface area (Å²) in [5.41, 5.74) is 0. The third kappa shape index (κ3) is 2.72. The molecule has 0 saturated carbocycles. The normalized spacial score (nSPS) is 39.4. The molecule has 94 valence electrons. The molecule has 1 saturated heterocycles. The van der Waals surface area contributed by atoms with Crippen molar-refractivity contribution in [2.24, 2.45) is 11.8 Å². The molecule has 1 unspecified atom stereocenters. The predicted molar refractivity (Wildman–Crippen MR) is 56.6 cm³/mol. The van der Waals surface area contributed by atoms with Gasteiger partial charge >= 0.3 is 5.97 Å². The lowest BCUT2D eigenvalue weighted by atomic mass is 9.84. The number of aliphatic hydroxyl groups is 1. The highest BCUT2D eigenvalue weighted by Crippen LogP contribution is 2.31. The zero-order valence-electron chi connectivity index (χ0n) is 10.2. The molecular formula is C11H20O5. The van der Waals surface area contributed by atoms with Crippen LogP contribution in [-0.2, 0) is 19.0 Å². The van der Waals surface area contributed by atoms with Crippen molar-refractivity contribution in [2.75, 3.05) is 14.2 Å². The summed E-state index contributed by atoms with van der Waals surface area (Å²) >= 11 is 0. The molecule has 1 rings (SSSR count). The molecule has 1 fully saturated rings. The maximum Gasteiger partial charge on any atom is 0.308 e. The summed E-state index contributed by atoms with van der Waals surface area (Å²) in [5, 5.41) is 9.99. The number of carbonyl (C=O) groups excluding carboxylic acids is 1. The van der Waals surface area contributed by atoms with E-state index in [0.717, 1.165) is 0 Å². The highest BCUT2D eigenvalue weighted by molar-refractivity contribution is 5.69. The van der Waals surface area contributed by atoms with E-state index in [4.69, 9.17) is 9.47 Å². The number of rotatable bonds is 3. The summed E-state index contributed by atoms with van der Waals surface area (Å²) in [5.74, 6) is -0.553. The van der Waals surface area contributed by atoms with Gasteiger partial charge in [0.05, 0.1) is 25.7 Å². The van der Waals surface area contributed by atoms with Crippen LogP contribution in [0.5, 0.6) is 0 Å². The summed E-state index contributed by atoms with van der Waals surface area (Å²) < 4.78 is 15.3.